The molecule has 6 aliphatic rings. The highest BCUT2D eigenvalue weighted by Crippen LogP contribution is 2.42. The largest absolute Gasteiger partial charge is 0.276 e. The molecule has 0 saturated carbocycles. The number of hydrogen-bond donors (Lipinski definition) is 0. The van der Waals surface area contributed by atoms with Gasteiger partial charge in [0, 0.05) is 22.4 Å². The van der Waals surface area contributed by atoms with Crippen molar-refractivity contribution in [3.05, 3.63) is 208 Å². The molecule has 14 rings (SSSR count). The minimum absolute atomic E-state index is 0.201. The summed E-state index contributed by atoms with van der Waals surface area (Å²) in [5, 5.41) is 1.09. The molecule has 6 nitrogen and oxygen atoms in total. The van der Waals surface area contributed by atoms with Crippen molar-refractivity contribution in [3.63, 3.8) is 0 Å². The van der Waals surface area contributed by atoms with Crippen molar-refractivity contribution in [1.82, 2.24) is 28.7 Å². The third-order valence-electron chi connectivity index (χ3n) is 15.2. The Bertz CT molecular complexity index is 3720. The van der Waals surface area contributed by atoms with E-state index in [0.29, 0.717) is 5.92 Å². The molecule has 0 fully saturated rings. The Morgan fingerprint density at radius 2 is 1.38 bits per heavy atom. The number of fused-ring (bicyclic) bond motifs is 12. The molecule has 0 bridgehead atoms. The van der Waals surface area contributed by atoms with Gasteiger partial charge < -0.3 is 0 Å². The number of aryl methyl sites for hydroxylation is 2. The number of hydrogen-bond acceptors (Lipinski definition) is 4. The fourth-order valence-electron chi connectivity index (χ4n) is 11.8. The summed E-state index contributed by atoms with van der Waals surface area (Å²) in [5.74, 6) is 2.79. The van der Waals surface area contributed by atoms with Crippen LogP contribution in [0.15, 0.2) is 168 Å². The molecule has 8 aromatic rings. The van der Waals surface area contributed by atoms with Gasteiger partial charge in [0.2, 0.25) is 0 Å². The lowest BCUT2D eigenvalue weighted by atomic mass is 9.77. The van der Waals surface area contributed by atoms with Crippen molar-refractivity contribution < 1.29 is 0 Å². The highest BCUT2D eigenvalue weighted by atomic mass is 15.1. The molecule has 318 valence electrons. The predicted molar refractivity (Wildman–Crippen MR) is 271 cm³/mol. The van der Waals surface area contributed by atoms with Gasteiger partial charge in [-0.25, -0.2) is 19.9 Å². The molecule has 6 heteroatoms. The van der Waals surface area contributed by atoms with E-state index in [1.807, 2.05) is 0 Å². The lowest BCUT2D eigenvalue weighted by Crippen LogP contribution is -2.15. The summed E-state index contributed by atoms with van der Waals surface area (Å²) in [5.41, 5.74) is 22.9. The molecule has 6 aliphatic carbocycles. The summed E-state index contributed by atoms with van der Waals surface area (Å²) >= 11 is 0. The van der Waals surface area contributed by atoms with Crippen LogP contribution in [0.5, 0.6) is 0 Å². The summed E-state index contributed by atoms with van der Waals surface area (Å²) in [6, 6.07) is 32.6. The molecule has 2 atom stereocenters. The molecule has 0 N–H and O–H groups in total. The van der Waals surface area contributed by atoms with E-state index < -0.39 is 0 Å². The third kappa shape index (κ3) is 6.15. The second-order valence-electron chi connectivity index (χ2n) is 19.0. The van der Waals surface area contributed by atoms with Crippen molar-refractivity contribution >= 4 is 73.1 Å². The fourth-order valence-corrected chi connectivity index (χ4v) is 11.8. The fraction of sp³-hybridized carbons (Fsp3) is 0.200. The smallest absolute Gasteiger partial charge is 0.149 e. The van der Waals surface area contributed by atoms with Crippen LogP contribution in [0.1, 0.15) is 91.0 Å². The first-order valence-electron chi connectivity index (χ1n) is 24.0. The van der Waals surface area contributed by atoms with Crippen LogP contribution in [0.3, 0.4) is 0 Å². The first-order chi connectivity index (χ1) is 32.7. The molecule has 0 aliphatic heterocycles. The van der Waals surface area contributed by atoms with Crippen LogP contribution in [-0.4, -0.2) is 28.7 Å². The van der Waals surface area contributed by atoms with Crippen LogP contribution >= 0.6 is 0 Å². The number of aromatic nitrogens is 6. The molecular formula is C60H48N6. The van der Waals surface area contributed by atoms with Gasteiger partial charge in [-0.15, -0.1) is 0 Å². The Labute approximate surface area is 383 Å². The monoisotopic (exact) mass is 852 g/mol. The first-order valence-corrected chi connectivity index (χ1v) is 24.0. The van der Waals surface area contributed by atoms with Crippen molar-refractivity contribution in [2.24, 2.45) is 11.8 Å². The third-order valence-corrected chi connectivity index (χ3v) is 15.2. The van der Waals surface area contributed by atoms with Crippen LogP contribution in [0.2, 0.25) is 0 Å². The number of allylic oxidation sites excluding steroid dienone is 16. The number of nitrogens with zero attached hydrogens (tertiary/aromatic N) is 6. The van der Waals surface area contributed by atoms with Gasteiger partial charge in [-0.05, 0) is 163 Å². The lowest BCUT2D eigenvalue weighted by Gasteiger charge is -2.28. The van der Waals surface area contributed by atoms with Gasteiger partial charge in [-0.3, -0.25) is 8.80 Å². The lowest BCUT2D eigenvalue weighted by molar-refractivity contribution is 0.552. The van der Waals surface area contributed by atoms with Crippen LogP contribution in [0.4, 0.5) is 0 Å². The van der Waals surface area contributed by atoms with Gasteiger partial charge in [0.1, 0.15) is 22.9 Å². The van der Waals surface area contributed by atoms with Gasteiger partial charge in [-0.2, -0.15) is 0 Å². The molecule has 0 amide bonds. The number of rotatable bonds is 5. The molecule has 2 unspecified atom stereocenters. The summed E-state index contributed by atoms with van der Waals surface area (Å²) in [4.78, 5) is 21.7. The van der Waals surface area contributed by atoms with Gasteiger partial charge in [0.25, 0.3) is 0 Å². The quantitative estimate of drug-likeness (QED) is 0.173. The summed E-state index contributed by atoms with van der Waals surface area (Å²) in [7, 11) is 0. The molecule has 0 saturated heterocycles. The normalized spacial score (nSPS) is 20.3. The second kappa shape index (κ2) is 15.1. The highest BCUT2D eigenvalue weighted by Gasteiger charge is 2.28. The molecule has 4 heterocycles. The van der Waals surface area contributed by atoms with Crippen molar-refractivity contribution in [1.29, 1.82) is 0 Å². The number of imidazole rings is 2. The Morgan fingerprint density at radius 1 is 0.561 bits per heavy atom. The van der Waals surface area contributed by atoms with Gasteiger partial charge in [0.05, 0.1) is 33.3 Å². The topological polar surface area (TPSA) is 60.4 Å². The predicted octanol–water partition coefficient (Wildman–Crippen LogP) is 14.0. The van der Waals surface area contributed by atoms with E-state index in [4.69, 9.17) is 19.9 Å². The Kier molecular flexibility index (Phi) is 8.65. The maximum absolute atomic E-state index is 5.57. The standard InChI is InChI=1S/C60H48N6/c1-3-13-39-31-43(25-23-37(39)11-1)45-27-29-51-49(35-45)59-63-53-19-5-7-21-55(53)65(59)57(61-51)47-17-9-15-41(33-47)42-16-10-18-48(34-42)58-62-52-30-28-46(44-26-24-38-12-2-4-14-40(38)32-44)36-50(52)60-64-54-20-6-8-22-56(54)66(58)60/h1-3,5-8,10-13,15,18-22,24,26-27,29,31,33-36,40,42H,4,9,14,16-17,23,25,28,30,32H2. The SMILES string of the molecule is C1=CC2=CC=C(C3=Cc4c(nc(C5=CC(C6=CCCC(c7nc8ccc(C9=Cc%10ccccc%10CC9)cc8c8nc9ccccc9n78)=C6)CC=C5)n5c4nc4ccccc45)CC3)CC2CC1. The zero-order valence-electron chi connectivity index (χ0n) is 36.9. The maximum Gasteiger partial charge on any atom is 0.149 e. The zero-order valence-corrected chi connectivity index (χ0v) is 36.9. The Balaban J connectivity index is 0.848. The van der Waals surface area contributed by atoms with Crippen molar-refractivity contribution in [2.45, 2.75) is 64.2 Å². The minimum atomic E-state index is 0.201. The van der Waals surface area contributed by atoms with Crippen LogP contribution in [0, 0.1) is 11.8 Å². The molecule has 66 heavy (non-hydrogen) atoms. The molecule has 0 spiro atoms. The van der Waals surface area contributed by atoms with E-state index in [0.717, 1.165) is 119 Å². The van der Waals surface area contributed by atoms with E-state index in [-0.39, 0.29) is 5.92 Å². The molecule has 0 radical (unpaired) electrons. The van der Waals surface area contributed by atoms with Crippen molar-refractivity contribution in [3.8, 4) is 0 Å². The van der Waals surface area contributed by atoms with E-state index in [2.05, 4.69) is 167 Å². The van der Waals surface area contributed by atoms with Crippen LogP contribution < -0.4 is 0 Å². The van der Waals surface area contributed by atoms with E-state index in [1.54, 1.807) is 0 Å². The van der Waals surface area contributed by atoms with Gasteiger partial charge in [-0.1, -0.05) is 115 Å². The number of para-hydroxylation sites is 4. The number of benzene rings is 4. The summed E-state index contributed by atoms with van der Waals surface area (Å²) in [6.45, 7) is 0. The zero-order chi connectivity index (χ0) is 43.3. The summed E-state index contributed by atoms with van der Waals surface area (Å²) < 4.78 is 4.66. The highest BCUT2D eigenvalue weighted by molar-refractivity contribution is 6.00. The second-order valence-corrected chi connectivity index (χ2v) is 19.0. The molecule has 4 aromatic heterocycles. The average Bonchev–Trinajstić information content (AvgIpc) is 3.98. The van der Waals surface area contributed by atoms with Crippen LogP contribution in [0.25, 0.3) is 73.1 Å². The van der Waals surface area contributed by atoms with E-state index >= 15 is 0 Å². The van der Waals surface area contributed by atoms with Gasteiger partial charge >= 0.3 is 0 Å². The molecular weight excluding hydrogens is 805 g/mol. The van der Waals surface area contributed by atoms with E-state index in [9.17, 15) is 0 Å². The van der Waals surface area contributed by atoms with Crippen molar-refractivity contribution in [2.75, 3.05) is 0 Å². The maximum atomic E-state index is 5.57. The first kappa shape index (κ1) is 37.9. The molecule has 4 aromatic carbocycles. The Hall–Kier alpha value is -7.44. The average molecular weight is 853 g/mol. The Morgan fingerprint density at radius 3 is 2.29 bits per heavy atom. The van der Waals surface area contributed by atoms with E-state index in [1.165, 1.54) is 68.5 Å². The summed E-state index contributed by atoms with van der Waals surface area (Å²) in [6.07, 6.45) is 36.5. The minimum Gasteiger partial charge on any atom is -0.276 e. The van der Waals surface area contributed by atoms with Gasteiger partial charge in [0.15, 0.2) is 0 Å². The van der Waals surface area contributed by atoms with Crippen LogP contribution in [-0.2, 0) is 12.8 Å².